The number of anilines is 1. The molecule has 0 aliphatic carbocycles. The number of rotatable bonds is 2. The van der Waals surface area contributed by atoms with Gasteiger partial charge in [-0.1, -0.05) is 18.2 Å². The Morgan fingerprint density at radius 1 is 1.40 bits per heavy atom. The van der Waals surface area contributed by atoms with Crippen molar-refractivity contribution < 1.29 is 0 Å². The van der Waals surface area contributed by atoms with Gasteiger partial charge in [0, 0.05) is 18.3 Å². The maximum Gasteiger partial charge on any atom is 0.0405 e. The lowest BCUT2D eigenvalue weighted by atomic mass is 9.95. The highest BCUT2D eigenvalue weighted by Crippen LogP contribution is 2.27. The van der Waals surface area contributed by atoms with Gasteiger partial charge in [0.15, 0.2) is 0 Å². The van der Waals surface area contributed by atoms with E-state index in [-0.39, 0.29) is 0 Å². The Morgan fingerprint density at radius 2 is 2.20 bits per heavy atom. The minimum Gasteiger partial charge on any atom is -0.381 e. The molecule has 0 bridgehead atoms. The SMILES string of the molecule is Cc1cccc2c1NC(CN(C)C)CC2. The molecular weight excluding hydrogens is 184 g/mol. The van der Waals surface area contributed by atoms with E-state index in [0.29, 0.717) is 6.04 Å². The van der Waals surface area contributed by atoms with Gasteiger partial charge in [-0.3, -0.25) is 0 Å². The van der Waals surface area contributed by atoms with Crippen LogP contribution in [0.15, 0.2) is 18.2 Å². The summed E-state index contributed by atoms with van der Waals surface area (Å²) in [6.07, 6.45) is 2.46. The van der Waals surface area contributed by atoms with Gasteiger partial charge in [-0.05, 0) is 45.0 Å². The van der Waals surface area contributed by atoms with Crippen molar-refractivity contribution in [1.82, 2.24) is 4.90 Å². The van der Waals surface area contributed by atoms with Gasteiger partial charge < -0.3 is 10.2 Å². The van der Waals surface area contributed by atoms with E-state index in [9.17, 15) is 0 Å². The number of hydrogen-bond donors (Lipinski definition) is 1. The number of likely N-dealkylation sites (N-methyl/N-ethyl adjacent to an activating group) is 1. The van der Waals surface area contributed by atoms with E-state index in [4.69, 9.17) is 0 Å². The fraction of sp³-hybridized carbons (Fsp3) is 0.538. The van der Waals surface area contributed by atoms with E-state index in [1.807, 2.05) is 0 Å². The molecule has 1 aromatic carbocycles. The van der Waals surface area contributed by atoms with Gasteiger partial charge in [0.05, 0.1) is 0 Å². The molecule has 0 fully saturated rings. The first-order valence-electron chi connectivity index (χ1n) is 5.66. The lowest BCUT2D eigenvalue weighted by Gasteiger charge is -2.30. The molecule has 1 atom stereocenters. The molecular formula is C13H20N2. The Bertz CT molecular complexity index is 344. The van der Waals surface area contributed by atoms with Crippen LogP contribution in [-0.2, 0) is 6.42 Å². The second-order valence-corrected chi connectivity index (χ2v) is 4.75. The first-order valence-corrected chi connectivity index (χ1v) is 5.66. The first kappa shape index (κ1) is 10.5. The smallest absolute Gasteiger partial charge is 0.0405 e. The van der Waals surface area contributed by atoms with Crippen molar-refractivity contribution >= 4 is 5.69 Å². The molecule has 1 aliphatic heterocycles. The monoisotopic (exact) mass is 204 g/mol. The van der Waals surface area contributed by atoms with Gasteiger partial charge in [-0.15, -0.1) is 0 Å². The van der Waals surface area contributed by atoms with Gasteiger partial charge in [0.2, 0.25) is 0 Å². The summed E-state index contributed by atoms with van der Waals surface area (Å²) in [5.41, 5.74) is 4.22. The number of hydrogen-bond acceptors (Lipinski definition) is 2. The molecule has 15 heavy (non-hydrogen) atoms. The number of benzene rings is 1. The van der Waals surface area contributed by atoms with Crippen LogP contribution in [0.3, 0.4) is 0 Å². The van der Waals surface area contributed by atoms with Crippen molar-refractivity contribution in [3.05, 3.63) is 29.3 Å². The van der Waals surface area contributed by atoms with Gasteiger partial charge in [-0.2, -0.15) is 0 Å². The largest absolute Gasteiger partial charge is 0.381 e. The van der Waals surface area contributed by atoms with Crippen LogP contribution >= 0.6 is 0 Å². The number of nitrogens with zero attached hydrogens (tertiary/aromatic N) is 1. The third-order valence-corrected chi connectivity index (χ3v) is 3.06. The van der Waals surface area contributed by atoms with Crippen LogP contribution in [-0.4, -0.2) is 31.6 Å². The molecule has 2 heteroatoms. The lowest BCUT2D eigenvalue weighted by Crippen LogP contribution is -2.35. The number of fused-ring (bicyclic) bond motifs is 1. The molecule has 0 amide bonds. The molecule has 0 radical (unpaired) electrons. The number of aryl methyl sites for hydroxylation is 2. The minimum absolute atomic E-state index is 0.605. The Morgan fingerprint density at radius 3 is 2.93 bits per heavy atom. The number of para-hydroxylation sites is 1. The normalized spacial score (nSPS) is 19.9. The predicted molar refractivity (Wildman–Crippen MR) is 65.5 cm³/mol. The van der Waals surface area contributed by atoms with E-state index in [1.54, 1.807) is 0 Å². The zero-order valence-electron chi connectivity index (χ0n) is 9.88. The van der Waals surface area contributed by atoms with Gasteiger partial charge in [0.25, 0.3) is 0 Å². The van der Waals surface area contributed by atoms with E-state index in [2.05, 4.69) is 49.4 Å². The molecule has 0 saturated carbocycles. The van der Waals surface area contributed by atoms with Crippen molar-refractivity contribution in [2.24, 2.45) is 0 Å². The third-order valence-electron chi connectivity index (χ3n) is 3.06. The third kappa shape index (κ3) is 2.32. The lowest BCUT2D eigenvalue weighted by molar-refractivity contribution is 0.371. The molecule has 82 valence electrons. The predicted octanol–water partition coefficient (Wildman–Crippen LogP) is 2.28. The summed E-state index contributed by atoms with van der Waals surface area (Å²) in [5, 5.41) is 3.65. The molecule has 0 spiro atoms. The van der Waals surface area contributed by atoms with Crippen LogP contribution in [0.2, 0.25) is 0 Å². The highest BCUT2D eigenvalue weighted by atomic mass is 15.1. The summed E-state index contributed by atoms with van der Waals surface area (Å²) in [4.78, 5) is 2.25. The molecule has 0 aromatic heterocycles. The molecule has 2 rings (SSSR count). The fourth-order valence-corrected chi connectivity index (χ4v) is 2.33. The Balaban J connectivity index is 2.15. The molecule has 1 N–H and O–H groups in total. The topological polar surface area (TPSA) is 15.3 Å². The zero-order valence-corrected chi connectivity index (χ0v) is 9.88. The highest BCUT2D eigenvalue weighted by molar-refractivity contribution is 5.59. The van der Waals surface area contributed by atoms with Crippen molar-refractivity contribution in [2.45, 2.75) is 25.8 Å². The van der Waals surface area contributed by atoms with Gasteiger partial charge in [0.1, 0.15) is 0 Å². The Hall–Kier alpha value is -1.02. The molecule has 1 aromatic rings. The maximum atomic E-state index is 3.65. The molecule has 1 aliphatic rings. The molecule has 0 saturated heterocycles. The fourth-order valence-electron chi connectivity index (χ4n) is 2.33. The van der Waals surface area contributed by atoms with Crippen molar-refractivity contribution in [3.63, 3.8) is 0 Å². The second-order valence-electron chi connectivity index (χ2n) is 4.75. The van der Waals surface area contributed by atoms with Crippen LogP contribution in [0.1, 0.15) is 17.5 Å². The number of nitrogens with one attached hydrogen (secondary N) is 1. The standard InChI is InChI=1S/C13H20N2/c1-10-5-4-6-11-7-8-12(9-15(2)3)14-13(10)11/h4-6,12,14H,7-9H2,1-3H3. The summed E-state index contributed by atoms with van der Waals surface area (Å²) in [7, 11) is 4.27. The minimum atomic E-state index is 0.605. The Kier molecular flexibility index (Phi) is 2.96. The van der Waals surface area contributed by atoms with Crippen molar-refractivity contribution in [2.75, 3.05) is 26.0 Å². The van der Waals surface area contributed by atoms with Crippen molar-refractivity contribution in [3.8, 4) is 0 Å². The average Bonchev–Trinajstić information content (AvgIpc) is 2.18. The average molecular weight is 204 g/mol. The van der Waals surface area contributed by atoms with E-state index < -0.39 is 0 Å². The van der Waals surface area contributed by atoms with Crippen LogP contribution < -0.4 is 5.32 Å². The van der Waals surface area contributed by atoms with Gasteiger partial charge >= 0.3 is 0 Å². The zero-order chi connectivity index (χ0) is 10.8. The van der Waals surface area contributed by atoms with Crippen LogP contribution in [0, 0.1) is 6.92 Å². The van der Waals surface area contributed by atoms with Crippen LogP contribution in [0.25, 0.3) is 0 Å². The first-order chi connectivity index (χ1) is 7.16. The maximum absolute atomic E-state index is 3.65. The molecule has 2 nitrogen and oxygen atoms in total. The summed E-state index contributed by atoms with van der Waals surface area (Å²) >= 11 is 0. The van der Waals surface area contributed by atoms with Gasteiger partial charge in [-0.25, -0.2) is 0 Å². The summed E-state index contributed by atoms with van der Waals surface area (Å²) < 4.78 is 0. The summed E-state index contributed by atoms with van der Waals surface area (Å²) in [6.45, 7) is 3.30. The quantitative estimate of drug-likeness (QED) is 0.795. The van der Waals surface area contributed by atoms with E-state index in [0.717, 1.165) is 6.54 Å². The highest BCUT2D eigenvalue weighted by Gasteiger charge is 2.18. The Labute approximate surface area is 92.3 Å². The van der Waals surface area contributed by atoms with E-state index in [1.165, 1.54) is 29.7 Å². The molecule has 1 unspecified atom stereocenters. The van der Waals surface area contributed by atoms with E-state index >= 15 is 0 Å². The summed E-state index contributed by atoms with van der Waals surface area (Å²) in [6, 6.07) is 7.18. The summed E-state index contributed by atoms with van der Waals surface area (Å²) in [5.74, 6) is 0. The second kappa shape index (κ2) is 4.23. The van der Waals surface area contributed by atoms with Crippen LogP contribution in [0.4, 0.5) is 5.69 Å². The van der Waals surface area contributed by atoms with Crippen LogP contribution in [0.5, 0.6) is 0 Å². The van der Waals surface area contributed by atoms with Crippen molar-refractivity contribution in [1.29, 1.82) is 0 Å². The molecule has 1 heterocycles.